The molecule has 1 aromatic rings. The fourth-order valence-electron chi connectivity index (χ4n) is 1.61. The number of carbonyl (C=O) groups is 1. The van der Waals surface area contributed by atoms with E-state index in [1.54, 1.807) is 32.4 Å². The second-order valence-electron chi connectivity index (χ2n) is 4.17. The maximum Gasteiger partial charge on any atom is 0.226 e. The minimum absolute atomic E-state index is 0.0124. The van der Waals surface area contributed by atoms with Crippen LogP contribution < -0.4 is 4.90 Å². The third-order valence-corrected chi connectivity index (χ3v) is 2.93. The summed E-state index contributed by atoms with van der Waals surface area (Å²) in [6.07, 6.45) is 1.15. The lowest BCUT2D eigenvalue weighted by Gasteiger charge is -2.19. The molecule has 4 heteroatoms. The first kappa shape index (κ1) is 14.2. The monoisotopic (exact) mass is 246 g/mol. The van der Waals surface area contributed by atoms with E-state index in [1.165, 1.54) is 4.90 Å². The van der Waals surface area contributed by atoms with Crippen molar-refractivity contribution in [2.75, 3.05) is 19.1 Å². The molecule has 1 atom stereocenters. The lowest BCUT2D eigenvalue weighted by atomic mass is 10.1. The van der Waals surface area contributed by atoms with Crippen molar-refractivity contribution in [3.8, 4) is 6.07 Å². The molecule has 0 heterocycles. The predicted octanol–water partition coefficient (Wildman–Crippen LogP) is 2.34. The van der Waals surface area contributed by atoms with E-state index in [4.69, 9.17) is 10.00 Å². The minimum atomic E-state index is -0.0124. The van der Waals surface area contributed by atoms with Crippen LogP contribution in [0.2, 0.25) is 0 Å². The molecule has 1 rings (SSSR count). The van der Waals surface area contributed by atoms with Crippen LogP contribution in [-0.2, 0) is 9.53 Å². The van der Waals surface area contributed by atoms with Gasteiger partial charge in [0.2, 0.25) is 5.91 Å². The Morgan fingerprint density at radius 2 is 2.17 bits per heavy atom. The van der Waals surface area contributed by atoms with E-state index in [2.05, 4.69) is 6.07 Å². The number of anilines is 1. The van der Waals surface area contributed by atoms with Crippen LogP contribution in [0.3, 0.4) is 0 Å². The maximum absolute atomic E-state index is 12.0. The largest absolute Gasteiger partial charge is 0.382 e. The van der Waals surface area contributed by atoms with E-state index >= 15 is 0 Å². The maximum atomic E-state index is 12.0. The van der Waals surface area contributed by atoms with Gasteiger partial charge in [0.15, 0.2) is 0 Å². The van der Waals surface area contributed by atoms with Crippen molar-refractivity contribution in [1.29, 1.82) is 5.26 Å². The Hall–Kier alpha value is -1.86. The number of para-hydroxylation sites is 1. The van der Waals surface area contributed by atoms with Crippen LogP contribution in [0.15, 0.2) is 24.3 Å². The lowest BCUT2D eigenvalue weighted by molar-refractivity contribution is -0.118. The van der Waals surface area contributed by atoms with Crippen LogP contribution in [0.25, 0.3) is 0 Å². The zero-order valence-electron chi connectivity index (χ0n) is 11.0. The standard InChI is InChI=1S/C14H18N2O2/c1-11(18-3)8-9-14(17)16(2)13-7-5-4-6-12(13)10-15/h4-7,11H,8-9H2,1-3H3. The number of nitrogens with zero attached hydrogens (tertiary/aromatic N) is 2. The highest BCUT2D eigenvalue weighted by Crippen LogP contribution is 2.19. The Morgan fingerprint density at radius 1 is 1.50 bits per heavy atom. The van der Waals surface area contributed by atoms with Gasteiger partial charge in [-0.25, -0.2) is 0 Å². The third-order valence-electron chi connectivity index (χ3n) is 2.93. The molecule has 1 unspecified atom stereocenters. The number of amides is 1. The molecule has 0 bridgehead atoms. The summed E-state index contributed by atoms with van der Waals surface area (Å²) in [5.41, 5.74) is 1.16. The highest BCUT2D eigenvalue weighted by molar-refractivity contribution is 5.94. The summed E-state index contributed by atoms with van der Waals surface area (Å²) in [4.78, 5) is 13.5. The number of benzene rings is 1. The number of carbonyl (C=O) groups excluding carboxylic acids is 1. The summed E-state index contributed by atoms with van der Waals surface area (Å²) >= 11 is 0. The van der Waals surface area contributed by atoms with E-state index in [0.29, 0.717) is 24.1 Å². The van der Waals surface area contributed by atoms with Crippen molar-refractivity contribution >= 4 is 11.6 Å². The van der Waals surface area contributed by atoms with E-state index in [9.17, 15) is 4.79 Å². The fraction of sp³-hybridized carbons (Fsp3) is 0.429. The molecule has 0 radical (unpaired) electrons. The molecule has 0 aliphatic carbocycles. The van der Waals surface area contributed by atoms with Gasteiger partial charge >= 0.3 is 0 Å². The molecule has 0 fully saturated rings. The normalized spacial score (nSPS) is 11.7. The second kappa shape index (κ2) is 6.77. The molecule has 0 saturated heterocycles. The zero-order chi connectivity index (χ0) is 13.5. The first-order valence-electron chi connectivity index (χ1n) is 5.88. The highest BCUT2D eigenvalue weighted by atomic mass is 16.5. The zero-order valence-corrected chi connectivity index (χ0v) is 11.0. The van der Waals surface area contributed by atoms with E-state index in [-0.39, 0.29) is 12.0 Å². The number of hydrogen-bond acceptors (Lipinski definition) is 3. The summed E-state index contributed by atoms with van der Waals surface area (Å²) in [5, 5.41) is 9.00. The van der Waals surface area contributed by atoms with Crippen molar-refractivity contribution in [2.45, 2.75) is 25.9 Å². The van der Waals surface area contributed by atoms with Gasteiger partial charge in [-0.15, -0.1) is 0 Å². The molecule has 0 aliphatic rings. The van der Waals surface area contributed by atoms with E-state index < -0.39 is 0 Å². The van der Waals surface area contributed by atoms with Gasteiger partial charge in [0.1, 0.15) is 6.07 Å². The molecular weight excluding hydrogens is 228 g/mol. The number of ether oxygens (including phenoxy) is 1. The molecule has 0 spiro atoms. The third kappa shape index (κ3) is 3.57. The average molecular weight is 246 g/mol. The molecule has 0 N–H and O–H groups in total. The Bertz CT molecular complexity index is 451. The van der Waals surface area contributed by atoms with Crippen LogP contribution >= 0.6 is 0 Å². The number of methoxy groups -OCH3 is 1. The van der Waals surface area contributed by atoms with Crippen LogP contribution in [0, 0.1) is 11.3 Å². The van der Waals surface area contributed by atoms with Crippen molar-refractivity contribution in [3.63, 3.8) is 0 Å². The molecule has 96 valence electrons. The van der Waals surface area contributed by atoms with Gasteiger partial charge < -0.3 is 9.64 Å². The molecule has 18 heavy (non-hydrogen) atoms. The molecule has 0 saturated carbocycles. The smallest absolute Gasteiger partial charge is 0.226 e. The predicted molar refractivity (Wildman–Crippen MR) is 70.3 cm³/mol. The SMILES string of the molecule is COC(C)CCC(=O)N(C)c1ccccc1C#N. The summed E-state index contributed by atoms with van der Waals surface area (Å²) in [5.74, 6) is -0.0124. The molecule has 1 aromatic carbocycles. The van der Waals surface area contributed by atoms with Gasteiger partial charge in [0, 0.05) is 20.6 Å². The minimum Gasteiger partial charge on any atom is -0.382 e. The van der Waals surface area contributed by atoms with Gasteiger partial charge in [0.05, 0.1) is 17.4 Å². The highest BCUT2D eigenvalue weighted by Gasteiger charge is 2.14. The van der Waals surface area contributed by atoms with Crippen LogP contribution in [-0.4, -0.2) is 26.2 Å². The topological polar surface area (TPSA) is 53.3 Å². The molecule has 0 aliphatic heterocycles. The molecule has 4 nitrogen and oxygen atoms in total. The number of nitriles is 1. The van der Waals surface area contributed by atoms with Gasteiger partial charge in [-0.2, -0.15) is 5.26 Å². The Balaban J connectivity index is 2.72. The quantitative estimate of drug-likeness (QED) is 0.801. The Labute approximate surface area is 108 Å². The van der Waals surface area contributed by atoms with Crippen molar-refractivity contribution in [3.05, 3.63) is 29.8 Å². The number of hydrogen-bond donors (Lipinski definition) is 0. The van der Waals surface area contributed by atoms with Crippen molar-refractivity contribution in [1.82, 2.24) is 0 Å². The summed E-state index contributed by atoms with van der Waals surface area (Å²) in [6, 6.07) is 9.17. The van der Waals surface area contributed by atoms with Gasteiger partial charge in [-0.05, 0) is 25.5 Å². The molecular formula is C14H18N2O2. The lowest BCUT2D eigenvalue weighted by Crippen LogP contribution is -2.27. The van der Waals surface area contributed by atoms with E-state index in [0.717, 1.165) is 0 Å². The summed E-state index contributed by atoms with van der Waals surface area (Å²) in [7, 11) is 3.32. The Kier molecular flexibility index (Phi) is 5.34. The average Bonchev–Trinajstić information content (AvgIpc) is 2.43. The second-order valence-corrected chi connectivity index (χ2v) is 4.17. The summed E-state index contributed by atoms with van der Waals surface area (Å²) in [6.45, 7) is 1.93. The summed E-state index contributed by atoms with van der Waals surface area (Å²) < 4.78 is 5.11. The Morgan fingerprint density at radius 3 is 2.78 bits per heavy atom. The van der Waals surface area contributed by atoms with Crippen molar-refractivity contribution < 1.29 is 9.53 Å². The van der Waals surface area contributed by atoms with Gasteiger partial charge in [-0.1, -0.05) is 12.1 Å². The van der Waals surface area contributed by atoms with Crippen LogP contribution in [0.4, 0.5) is 5.69 Å². The van der Waals surface area contributed by atoms with Crippen LogP contribution in [0.5, 0.6) is 0 Å². The fourth-order valence-corrected chi connectivity index (χ4v) is 1.61. The van der Waals surface area contributed by atoms with E-state index in [1.807, 2.05) is 13.0 Å². The first-order valence-corrected chi connectivity index (χ1v) is 5.88. The van der Waals surface area contributed by atoms with Gasteiger partial charge in [-0.3, -0.25) is 4.79 Å². The first-order chi connectivity index (χ1) is 8.60. The van der Waals surface area contributed by atoms with Gasteiger partial charge in [0.25, 0.3) is 0 Å². The molecule has 1 amide bonds. The van der Waals surface area contributed by atoms with Crippen molar-refractivity contribution in [2.24, 2.45) is 0 Å². The van der Waals surface area contributed by atoms with Crippen LogP contribution in [0.1, 0.15) is 25.3 Å². The number of rotatable bonds is 5. The molecule has 0 aromatic heterocycles.